The Morgan fingerprint density at radius 1 is 0.939 bits per heavy atom. The van der Waals surface area contributed by atoms with E-state index in [1.54, 1.807) is 6.07 Å². The zero-order valence-electron chi connectivity index (χ0n) is 18.5. The summed E-state index contributed by atoms with van der Waals surface area (Å²) in [6.45, 7) is 6.96. The highest BCUT2D eigenvalue weighted by Crippen LogP contribution is 2.38. The molecule has 7 heteroatoms. The van der Waals surface area contributed by atoms with Gasteiger partial charge in [0.25, 0.3) is 0 Å². The maximum atomic E-state index is 13.4. The van der Waals surface area contributed by atoms with Crippen LogP contribution in [0, 0.1) is 12.7 Å². The number of halogens is 1. The number of fused-ring (bicyclic) bond motifs is 4. The predicted molar refractivity (Wildman–Crippen MR) is 127 cm³/mol. The molecule has 1 fully saturated rings. The molecule has 0 saturated carbocycles. The first-order valence-corrected chi connectivity index (χ1v) is 11.4. The van der Waals surface area contributed by atoms with Crippen LogP contribution in [0.4, 0.5) is 10.2 Å². The lowest BCUT2D eigenvalue weighted by molar-refractivity contribution is 0.0587. The van der Waals surface area contributed by atoms with Crippen LogP contribution in [0.5, 0.6) is 11.5 Å². The van der Waals surface area contributed by atoms with Crippen molar-refractivity contribution in [2.45, 2.75) is 13.0 Å². The first-order chi connectivity index (χ1) is 16.1. The van der Waals surface area contributed by atoms with E-state index in [0.717, 1.165) is 77.5 Å². The summed E-state index contributed by atoms with van der Waals surface area (Å²) in [5, 5.41) is 1.82. The van der Waals surface area contributed by atoms with E-state index >= 15 is 0 Å². The molecule has 2 aromatic heterocycles. The second kappa shape index (κ2) is 8.15. The zero-order valence-corrected chi connectivity index (χ0v) is 18.5. The fraction of sp³-hybridized carbons (Fsp3) is 0.308. The molecule has 2 aromatic carbocycles. The van der Waals surface area contributed by atoms with Crippen LogP contribution in [0.25, 0.3) is 21.8 Å². The van der Waals surface area contributed by atoms with Crippen LogP contribution in [-0.2, 0) is 0 Å². The van der Waals surface area contributed by atoms with Crippen LogP contribution in [0.3, 0.4) is 0 Å². The third-order valence-electron chi connectivity index (χ3n) is 6.43. The molecule has 0 radical (unpaired) electrons. The van der Waals surface area contributed by atoms with Crippen molar-refractivity contribution in [2.24, 2.45) is 0 Å². The first-order valence-electron chi connectivity index (χ1n) is 11.4. The van der Waals surface area contributed by atoms with Gasteiger partial charge in [0.15, 0.2) is 11.5 Å². The topological polar surface area (TPSA) is 50.7 Å². The van der Waals surface area contributed by atoms with Crippen LogP contribution in [0.1, 0.15) is 5.69 Å². The monoisotopic (exact) mass is 444 g/mol. The molecule has 4 aromatic rings. The number of nitrogens with zero attached hydrogens (tertiary/aromatic N) is 4. The number of hydrogen-bond donors (Lipinski definition) is 0. The van der Waals surface area contributed by atoms with Gasteiger partial charge in [0.2, 0.25) is 0 Å². The minimum absolute atomic E-state index is 0.0235. The molecule has 0 N–H and O–H groups in total. The van der Waals surface area contributed by atoms with E-state index in [4.69, 9.17) is 14.5 Å². The highest BCUT2D eigenvalue weighted by atomic mass is 19.1. The van der Waals surface area contributed by atoms with Gasteiger partial charge in [-0.3, -0.25) is 9.88 Å². The third-order valence-corrected chi connectivity index (χ3v) is 6.43. The standard InChI is InChI=1S/C26H25FN4O2/c1-17-2-5-21-23(28-17)7-8-24-26(21)33-20(16-32-24)15-30-10-12-31(13-11-30)25-9-3-18-14-19(27)4-6-22(18)29-25/h2-9,14,20H,10-13,15-16H2,1H3. The van der Waals surface area contributed by atoms with E-state index in [1.807, 2.05) is 37.3 Å². The molecule has 33 heavy (non-hydrogen) atoms. The van der Waals surface area contributed by atoms with Crippen LogP contribution in [0.15, 0.2) is 54.6 Å². The van der Waals surface area contributed by atoms with Gasteiger partial charge in [-0.05, 0) is 61.5 Å². The third kappa shape index (κ3) is 3.93. The highest BCUT2D eigenvalue weighted by Gasteiger charge is 2.27. The minimum Gasteiger partial charge on any atom is -0.486 e. The molecule has 0 amide bonds. The van der Waals surface area contributed by atoms with Crippen molar-refractivity contribution in [1.29, 1.82) is 0 Å². The molecule has 0 bridgehead atoms. The SMILES string of the molecule is Cc1ccc2c3c(ccc2n1)OCC(CN1CCN(c2ccc4cc(F)ccc4n2)CC1)O3. The van der Waals surface area contributed by atoms with Crippen LogP contribution < -0.4 is 14.4 Å². The summed E-state index contributed by atoms with van der Waals surface area (Å²) < 4.78 is 25.9. The number of rotatable bonds is 3. The molecule has 6 nitrogen and oxygen atoms in total. The molecule has 1 saturated heterocycles. The van der Waals surface area contributed by atoms with E-state index < -0.39 is 0 Å². The summed E-state index contributed by atoms with van der Waals surface area (Å²) in [5.41, 5.74) is 2.73. The number of benzene rings is 2. The Balaban J connectivity index is 1.11. The Labute approximate surface area is 191 Å². The van der Waals surface area contributed by atoms with Gasteiger partial charge in [0.05, 0.1) is 11.0 Å². The Kier molecular flexibility index (Phi) is 4.99. The first kappa shape index (κ1) is 20.2. The van der Waals surface area contributed by atoms with Gasteiger partial charge in [-0.2, -0.15) is 0 Å². The van der Waals surface area contributed by atoms with Gasteiger partial charge in [0, 0.05) is 49.2 Å². The van der Waals surface area contributed by atoms with E-state index in [1.165, 1.54) is 12.1 Å². The normalized spacial score (nSPS) is 18.7. The number of piperazine rings is 1. The average molecular weight is 445 g/mol. The predicted octanol–water partition coefficient (Wildman–Crippen LogP) is 4.19. The van der Waals surface area contributed by atoms with Gasteiger partial charge in [-0.1, -0.05) is 0 Å². The van der Waals surface area contributed by atoms with Gasteiger partial charge in [-0.15, -0.1) is 0 Å². The number of ether oxygens (including phenoxy) is 2. The molecule has 168 valence electrons. The minimum atomic E-state index is -0.235. The quantitative estimate of drug-likeness (QED) is 0.472. The second-order valence-corrected chi connectivity index (χ2v) is 8.76. The van der Waals surface area contributed by atoms with E-state index in [-0.39, 0.29) is 11.9 Å². The number of anilines is 1. The van der Waals surface area contributed by atoms with Gasteiger partial charge in [0.1, 0.15) is 24.3 Å². The van der Waals surface area contributed by atoms with Crippen molar-refractivity contribution in [1.82, 2.24) is 14.9 Å². The number of hydrogen-bond acceptors (Lipinski definition) is 6. The molecule has 6 rings (SSSR count). The maximum absolute atomic E-state index is 13.4. The summed E-state index contributed by atoms with van der Waals surface area (Å²) in [6, 6.07) is 16.6. The fourth-order valence-corrected chi connectivity index (χ4v) is 4.68. The molecule has 0 aliphatic carbocycles. The Bertz CT molecular complexity index is 1340. The number of pyridine rings is 2. The van der Waals surface area contributed by atoms with E-state index in [9.17, 15) is 4.39 Å². The largest absolute Gasteiger partial charge is 0.486 e. The lowest BCUT2D eigenvalue weighted by Gasteiger charge is -2.38. The average Bonchev–Trinajstić information content (AvgIpc) is 2.84. The van der Waals surface area contributed by atoms with Crippen molar-refractivity contribution in [3.05, 3.63) is 66.1 Å². The molecule has 1 unspecified atom stereocenters. The second-order valence-electron chi connectivity index (χ2n) is 8.76. The van der Waals surface area contributed by atoms with Crippen LogP contribution >= 0.6 is 0 Å². The van der Waals surface area contributed by atoms with Crippen molar-refractivity contribution in [3.63, 3.8) is 0 Å². The van der Waals surface area contributed by atoms with Crippen molar-refractivity contribution in [3.8, 4) is 11.5 Å². The summed E-state index contributed by atoms with van der Waals surface area (Å²) in [5.74, 6) is 2.29. The number of aromatic nitrogens is 2. The van der Waals surface area contributed by atoms with Gasteiger partial charge in [-0.25, -0.2) is 9.37 Å². The van der Waals surface area contributed by atoms with E-state index in [2.05, 4.69) is 20.9 Å². The maximum Gasteiger partial charge on any atom is 0.171 e. The van der Waals surface area contributed by atoms with Crippen molar-refractivity contribution < 1.29 is 13.9 Å². The molecular formula is C26H25FN4O2. The summed E-state index contributed by atoms with van der Waals surface area (Å²) in [4.78, 5) is 14.0. The summed E-state index contributed by atoms with van der Waals surface area (Å²) in [7, 11) is 0. The van der Waals surface area contributed by atoms with Crippen LogP contribution in [0.2, 0.25) is 0 Å². The Morgan fingerprint density at radius 2 is 1.79 bits per heavy atom. The van der Waals surface area contributed by atoms with Crippen LogP contribution in [-0.4, -0.2) is 60.3 Å². The summed E-state index contributed by atoms with van der Waals surface area (Å²) >= 11 is 0. The van der Waals surface area contributed by atoms with Crippen molar-refractivity contribution in [2.75, 3.05) is 44.2 Å². The molecule has 4 heterocycles. The number of aryl methyl sites for hydroxylation is 1. The molecular weight excluding hydrogens is 419 g/mol. The molecule has 1 atom stereocenters. The fourth-order valence-electron chi connectivity index (χ4n) is 4.68. The Morgan fingerprint density at radius 3 is 2.67 bits per heavy atom. The molecule has 0 spiro atoms. The van der Waals surface area contributed by atoms with Gasteiger partial charge >= 0.3 is 0 Å². The summed E-state index contributed by atoms with van der Waals surface area (Å²) in [6.07, 6.45) is -0.0235. The molecule has 2 aliphatic heterocycles. The zero-order chi connectivity index (χ0) is 22.4. The Hall–Kier alpha value is -3.45. The highest BCUT2D eigenvalue weighted by molar-refractivity contribution is 5.88. The van der Waals surface area contributed by atoms with Crippen molar-refractivity contribution >= 4 is 27.6 Å². The molecule has 2 aliphatic rings. The lowest BCUT2D eigenvalue weighted by Crippen LogP contribution is -2.50. The lowest BCUT2D eigenvalue weighted by atomic mass is 10.1. The smallest absolute Gasteiger partial charge is 0.171 e. The van der Waals surface area contributed by atoms with Gasteiger partial charge < -0.3 is 14.4 Å². The van der Waals surface area contributed by atoms with E-state index in [0.29, 0.717) is 6.61 Å².